The first-order valence-electron chi connectivity index (χ1n) is 11.5. The Hall–Kier alpha value is -0.860. The summed E-state index contributed by atoms with van der Waals surface area (Å²) in [4.78, 5) is 0. The van der Waals surface area contributed by atoms with Crippen LogP contribution in [0.1, 0.15) is 107 Å². The Balaban J connectivity index is 0.00000158. The molecule has 0 amide bonds. The number of aliphatic hydroxyl groups is 1. The maximum Gasteiger partial charge on any atom is 0.0319 e. The molecule has 1 aliphatic carbocycles. The molecule has 2 nitrogen and oxygen atoms in total. The Labute approximate surface area is 170 Å². The number of aliphatic hydroxyl groups excluding tert-OH is 1. The molecule has 3 N–H and O–H groups in total. The van der Waals surface area contributed by atoms with Crippen LogP contribution in [0.25, 0.3) is 0 Å². The zero-order chi connectivity index (χ0) is 20.7. The first-order chi connectivity index (χ1) is 13.2. The molecule has 158 valence electrons. The highest BCUT2D eigenvalue weighted by molar-refractivity contribution is 5.41. The fourth-order valence-electron chi connectivity index (χ4n) is 4.32. The largest absolute Gasteiger partial charge is 0.400 e. The lowest BCUT2D eigenvalue weighted by atomic mass is 9.78. The second-order valence-electron chi connectivity index (χ2n) is 7.66. The fourth-order valence-corrected chi connectivity index (χ4v) is 4.32. The molecule has 2 atom stereocenters. The summed E-state index contributed by atoms with van der Waals surface area (Å²) in [6.45, 7) is 11.6. The number of nitrogens with two attached hydrogens (primary N) is 1. The molecule has 0 radical (unpaired) electrons. The van der Waals surface area contributed by atoms with Gasteiger partial charge in [-0.25, -0.2) is 0 Å². The normalized spacial score (nSPS) is 16.4. The van der Waals surface area contributed by atoms with Crippen molar-refractivity contribution in [1.29, 1.82) is 0 Å². The summed E-state index contributed by atoms with van der Waals surface area (Å²) in [6.07, 6.45) is 13.5. The standard InChI is InChI=1S/C22H37N.C2H6.CH4O/c1-4-6-7-8-10-18-11-12-19-15-22(20(16-23)9-5-2)17(3)13-21(19)14-18;2*1-2/h13,15,18,20H,4-12,14,16,23H2,1-3H3;1-2H3;2H,1H3/t18-,20?;;/m0../s1. The first kappa shape index (κ1) is 26.1. The van der Waals surface area contributed by atoms with Crippen LogP contribution < -0.4 is 5.73 Å². The van der Waals surface area contributed by atoms with E-state index in [9.17, 15) is 0 Å². The van der Waals surface area contributed by atoms with Crippen LogP contribution in [0.15, 0.2) is 12.1 Å². The average Bonchev–Trinajstić information content (AvgIpc) is 2.72. The Morgan fingerprint density at radius 2 is 1.74 bits per heavy atom. The molecular formula is C25H47NO. The number of aryl methyl sites for hydroxylation is 2. The monoisotopic (exact) mass is 377 g/mol. The number of hydrogen-bond donors (Lipinski definition) is 2. The van der Waals surface area contributed by atoms with Gasteiger partial charge in [-0.1, -0.05) is 78.4 Å². The van der Waals surface area contributed by atoms with Crippen molar-refractivity contribution in [2.45, 2.75) is 105 Å². The molecule has 0 saturated heterocycles. The summed E-state index contributed by atoms with van der Waals surface area (Å²) in [5.41, 5.74) is 12.3. The van der Waals surface area contributed by atoms with Crippen LogP contribution in [0.3, 0.4) is 0 Å². The van der Waals surface area contributed by atoms with Gasteiger partial charge in [0.05, 0.1) is 0 Å². The minimum atomic E-state index is 0.553. The fraction of sp³-hybridized carbons (Fsp3) is 0.760. The number of rotatable bonds is 9. The van der Waals surface area contributed by atoms with Crippen molar-refractivity contribution in [2.75, 3.05) is 13.7 Å². The molecule has 2 rings (SSSR count). The van der Waals surface area contributed by atoms with E-state index >= 15 is 0 Å². The molecule has 2 heteroatoms. The van der Waals surface area contributed by atoms with Crippen LogP contribution in [0, 0.1) is 12.8 Å². The molecular weight excluding hydrogens is 330 g/mol. The van der Waals surface area contributed by atoms with Crippen LogP contribution in [0.4, 0.5) is 0 Å². The Bertz CT molecular complexity index is 483. The molecule has 1 unspecified atom stereocenters. The van der Waals surface area contributed by atoms with E-state index in [1.807, 2.05) is 13.8 Å². The lowest BCUT2D eigenvalue weighted by molar-refractivity contribution is 0.399. The van der Waals surface area contributed by atoms with E-state index in [-0.39, 0.29) is 0 Å². The van der Waals surface area contributed by atoms with Gasteiger partial charge in [0.15, 0.2) is 0 Å². The Morgan fingerprint density at radius 3 is 2.33 bits per heavy atom. The van der Waals surface area contributed by atoms with Gasteiger partial charge in [0.2, 0.25) is 0 Å². The second-order valence-corrected chi connectivity index (χ2v) is 7.66. The maximum atomic E-state index is 7.00. The van der Waals surface area contributed by atoms with Gasteiger partial charge in [0.1, 0.15) is 0 Å². The molecule has 0 spiro atoms. The van der Waals surface area contributed by atoms with Gasteiger partial charge < -0.3 is 10.8 Å². The molecule has 0 fully saturated rings. The Morgan fingerprint density at radius 1 is 1.04 bits per heavy atom. The highest BCUT2D eigenvalue weighted by Gasteiger charge is 2.21. The third kappa shape index (κ3) is 8.79. The number of fused-ring (bicyclic) bond motifs is 1. The number of benzene rings is 1. The molecule has 0 bridgehead atoms. The number of unbranched alkanes of at least 4 members (excludes halogenated alkanes) is 3. The zero-order valence-electron chi connectivity index (χ0n) is 19.1. The van der Waals surface area contributed by atoms with Gasteiger partial charge in [0.25, 0.3) is 0 Å². The molecule has 1 aromatic carbocycles. The SMILES string of the molecule is CC.CCCCCC[C@H]1CCc2cc(C(CN)CCC)c(C)cc2C1.CO. The predicted octanol–water partition coefficient (Wildman–Crippen LogP) is 6.55. The quantitative estimate of drug-likeness (QED) is 0.479. The minimum absolute atomic E-state index is 0.553. The van der Waals surface area contributed by atoms with Gasteiger partial charge in [-0.3, -0.25) is 0 Å². The third-order valence-corrected chi connectivity index (χ3v) is 5.75. The van der Waals surface area contributed by atoms with Gasteiger partial charge in [-0.15, -0.1) is 0 Å². The summed E-state index contributed by atoms with van der Waals surface area (Å²) in [5, 5.41) is 7.00. The molecule has 0 aromatic heterocycles. The van der Waals surface area contributed by atoms with E-state index in [2.05, 4.69) is 32.9 Å². The highest BCUT2D eigenvalue weighted by Crippen LogP contribution is 2.33. The predicted molar refractivity (Wildman–Crippen MR) is 122 cm³/mol. The van der Waals surface area contributed by atoms with Crippen molar-refractivity contribution in [3.05, 3.63) is 34.4 Å². The average molecular weight is 378 g/mol. The van der Waals surface area contributed by atoms with Crippen molar-refractivity contribution in [1.82, 2.24) is 0 Å². The Kier molecular flexibility index (Phi) is 15.6. The third-order valence-electron chi connectivity index (χ3n) is 5.75. The summed E-state index contributed by atoms with van der Waals surface area (Å²) in [5.74, 6) is 1.47. The smallest absolute Gasteiger partial charge is 0.0319 e. The van der Waals surface area contributed by atoms with E-state index in [0.717, 1.165) is 19.6 Å². The molecule has 0 heterocycles. The van der Waals surface area contributed by atoms with Crippen molar-refractivity contribution in [3.8, 4) is 0 Å². The molecule has 27 heavy (non-hydrogen) atoms. The van der Waals surface area contributed by atoms with Crippen molar-refractivity contribution >= 4 is 0 Å². The summed E-state index contributed by atoms with van der Waals surface area (Å²) < 4.78 is 0. The minimum Gasteiger partial charge on any atom is -0.400 e. The van der Waals surface area contributed by atoms with Crippen molar-refractivity contribution in [2.24, 2.45) is 11.7 Å². The molecule has 0 aliphatic heterocycles. The summed E-state index contributed by atoms with van der Waals surface area (Å²) in [6, 6.07) is 4.99. The van der Waals surface area contributed by atoms with E-state index in [4.69, 9.17) is 10.8 Å². The maximum absolute atomic E-state index is 7.00. The van der Waals surface area contributed by atoms with Gasteiger partial charge in [0, 0.05) is 7.11 Å². The van der Waals surface area contributed by atoms with Gasteiger partial charge in [-0.2, -0.15) is 0 Å². The van der Waals surface area contributed by atoms with Gasteiger partial charge >= 0.3 is 0 Å². The van der Waals surface area contributed by atoms with Crippen LogP contribution in [-0.4, -0.2) is 18.8 Å². The van der Waals surface area contributed by atoms with Crippen LogP contribution in [0.2, 0.25) is 0 Å². The highest BCUT2D eigenvalue weighted by atomic mass is 16.2. The zero-order valence-corrected chi connectivity index (χ0v) is 19.1. The number of hydrogen-bond acceptors (Lipinski definition) is 2. The van der Waals surface area contributed by atoms with Gasteiger partial charge in [-0.05, 0) is 73.2 Å². The lowest BCUT2D eigenvalue weighted by Crippen LogP contribution is -2.18. The first-order valence-corrected chi connectivity index (χ1v) is 11.5. The molecule has 1 aromatic rings. The van der Waals surface area contributed by atoms with Crippen LogP contribution >= 0.6 is 0 Å². The topological polar surface area (TPSA) is 46.2 Å². The van der Waals surface area contributed by atoms with Crippen LogP contribution in [0.5, 0.6) is 0 Å². The van der Waals surface area contributed by atoms with E-state index in [0.29, 0.717) is 5.92 Å². The van der Waals surface area contributed by atoms with E-state index in [1.54, 1.807) is 11.1 Å². The van der Waals surface area contributed by atoms with Crippen molar-refractivity contribution in [3.63, 3.8) is 0 Å². The molecule has 1 aliphatic rings. The van der Waals surface area contributed by atoms with E-state index in [1.165, 1.54) is 75.3 Å². The summed E-state index contributed by atoms with van der Waals surface area (Å²) in [7, 11) is 1.00. The lowest BCUT2D eigenvalue weighted by Gasteiger charge is -2.27. The second kappa shape index (κ2) is 16.1. The molecule has 0 saturated carbocycles. The van der Waals surface area contributed by atoms with Crippen molar-refractivity contribution < 1.29 is 5.11 Å². The van der Waals surface area contributed by atoms with E-state index < -0.39 is 0 Å². The van der Waals surface area contributed by atoms with Crippen LogP contribution in [-0.2, 0) is 12.8 Å². The summed E-state index contributed by atoms with van der Waals surface area (Å²) >= 11 is 0.